The third-order valence-electron chi connectivity index (χ3n) is 2.66. The molecule has 0 radical (unpaired) electrons. The Hall–Kier alpha value is -2.10. The van der Waals surface area contributed by atoms with E-state index in [-0.39, 0.29) is 5.69 Å². The summed E-state index contributed by atoms with van der Waals surface area (Å²) in [5.41, 5.74) is 8.61. The number of nitrogens with zero attached hydrogens (tertiary/aromatic N) is 1. The number of nitrogen functional groups attached to an aromatic ring is 1. The number of nitrogens with one attached hydrogen (secondary N) is 1. The lowest BCUT2D eigenvalue weighted by Crippen LogP contribution is -2.05. The van der Waals surface area contributed by atoms with Gasteiger partial charge < -0.3 is 11.1 Å². The zero-order chi connectivity index (χ0) is 12.3. The Balaban J connectivity index is 2.13. The normalized spacial score (nSPS) is 10.2. The molecule has 0 unspecified atom stereocenters. The van der Waals surface area contributed by atoms with Crippen molar-refractivity contribution in [3.8, 4) is 0 Å². The molecule has 0 saturated carbocycles. The predicted octanol–water partition coefficient (Wildman–Crippen LogP) is 2.72. The molecule has 0 fully saturated rings. The number of aryl methyl sites for hydroxylation is 1. The summed E-state index contributed by atoms with van der Waals surface area (Å²) in [4.78, 5) is 4.02. The first-order valence-electron chi connectivity index (χ1n) is 5.36. The molecule has 0 atom stereocenters. The molecular weight excluding hydrogens is 217 g/mol. The minimum absolute atomic E-state index is 0.152. The number of benzene rings is 1. The molecule has 0 amide bonds. The van der Waals surface area contributed by atoms with Crippen molar-refractivity contribution in [1.29, 1.82) is 0 Å². The Bertz CT molecular complexity index is 526. The van der Waals surface area contributed by atoms with E-state index in [0.29, 0.717) is 12.2 Å². The van der Waals surface area contributed by atoms with E-state index in [0.717, 1.165) is 11.1 Å². The Morgan fingerprint density at radius 3 is 2.94 bits per heavy atom. The summed E-state index contributed by atoms with van der Waals surface area (Å²) in [6.07, 6.45) is 3.53. The molecular formula is C13H14FN3. The summed E-state index contributed by atoms with van der Waals surface area (Å²) in [5, 5.41) is 3.12. The van der Waals surface area contributed by atoms with Crippen LogP contribution in [-0.2, 0) is 6.54 Å². The van der Waals surface area contributed by atoms with Gasteiger partial charge in [0, 0.05) is 18.9 Å². The Morgan fingerprint density at radius 2 is 2.18 bits per heavy atom. The van der Waals surface area contributed by atoms with E-state index in [1.54, 1.807) is 24.5 Å². The smallest absolute Gasteiger partial charge is 0.148 e. The van der Waals surface area contributed by atoms with Crippen molar-refractivity contribution in [2.75, 3.05) is 11.1 Å². The van der Waals surface area contributed by atoms with E-state index in [4.69, 9.17) is 5.73 Å². The molecule has 17 heavy (non-hydrogen) atoms. The summed E-state index contributed by atoms with van der Waals surface area (Å²) in [6.45, 7) is 2.58. The highest BCUT2D eigenvalue weighted by atomic mass is 19.1. The first-order valence-corrected chi connectivity index (χ1v) is 5.36. The van der Waals surface area contributed by atoms with Crippen LogP contribution in [0.5, 0.6) is 0 Å². The summed E-state index contributed by atoms with van der Waals surface area (Å²) in [5.74, 6) is -0.401. The van der Waals surface area contributed by atoms with E-state index in [1.165, 1.54) is 6.07 Å². The van der Waals surface area contributed by atoms with Gasteiger partial charge in [0.1, 0.15) is 5.82 Å². The zero-order valence-electron chi connectivity index (χ0n) is 9.57. The number of hydrogen-bond acceptors (Lipinski definition) is 3. The number of nitrogens with two attached hydrogens (primary N) is 1. The lowest BCUT2D eigenvalue weighted by molar-refractivity contribution is 0.633. The Kier molecular flexibility index (Phi) is 3.23. The van der Waals surface area contributed by atoms with Crippen LogP contribution < -0.4 is 11.1 Å². The average Bonchev–Trinajstić information content (AvgIpc) is 2.33. The topological polar surface area (TPSA) is 50.9 Å². The molecule has 1 heterocycles. The SMILES string of the molecule is Cc1cnccc1CNc1cccc(F)c1N. The standard InChI is InChI=1S/C13H14FN3/c1-9-7-16-6-5-10(9)8-17-12-4-2-3-11(14)13(12)15/h2-7,17H,8,15H2,1H3. The van der Waals surface area contributed by atoms with Crippen molar-refractivity contribution in [3.63, 3.8) is 0 Å². The molecule has 1 aromatic heterocycles. The molecule has 0 aliphatic carbocycles. The lowest BCUT2D eigenvalue weighted by Gasteiger charge is -2.11. The van der Waals surface area contributed by atoms with Crippen LogP contribution in [0.25, 0.3) is 0 Å². The first-order chi connectivity index (χ1) is 8.18. The lowest BCUT2D eigenvalue weighted by atomic mass is 10.1. The molecule has 3 nitrogen and oxygen atoms in total. The molecule has 0 aliphatic heterocycles. The van der Waals surface area contributed by atoms with Crippen molar-refractivity contribution in [3.05, 3.63) is 53.6 Å². The number of para-hydroxylation sites is 1. The van der Waals surface area contributed by atoms with Crippen LogP contribution in [-0.4, -0.2) is 4.98 Å². The number of halogens is 1. The molecule has 1 aromatic carbocycles. The van der Waals surface area contributed by atoms with Crippen LogP contribution in [0.1, 0.15) is 11.1 Å². The van der Waals surface area contributed by atoms with Gasteiger partial charge in [-0.15, -0.1) is 0 Å². The highest BCUT2D eigenvalue weighted by molar-refractivity contribution is 5.66. The third kappa shape index (κ3) is 2.53. The number of pyridine rings is 1. The predicted molar refractivity (Wildman–Crippen MR) is 67.1 cm³/mol. The molecule has 4 heteroatoms. The minimum atomic E-state index is -0.401. The first kappa shape index (κ1) is 11.4. The van der Waals surface area contributed by atoms with Crippen LogP contribution in [0.2, 0.25) is 0 Å². The van der Waals surface area contributed by atoms with Crippen molar-refractivity contribution >= 4 is 11.4 Å². The van der Waals surface area contributed by atoms with Crippen molar-refractivity contribution in [2.24, 2.45) is 0 Å². The van der Waals surface area contributed by atoms with Gasteiger partial charge in [-0.25, -0.2) is 4.39 Å². The zero-order valence-corrected chi connectivity index (χ0v) is 9.57. The second-order valence-electron chi connectivity index (χ2n) is 3.86. The van der Waals surface area contributed by atoms with E-state index in [1.807, 2.05) is 13.0 Å². The average molecular weight is 231 g/mol. The molecule has 2 aromatic rings. The van der Waals surface area contributed by atoms with Crippen molar-refractivity contribution in [1.82, 2.24) is 4.98 Å². The monoisotopic (exact) mass is 231 g/mol. The van der Waals surface area contributed by atoms with Crippen LogP contribution in [0.3, 0.4) is 0 Å². The van der Waals surface area contributed by atoms with Gasteiger partial charge in [-0.2, -0.15) is 0 Å². The number of aromatic nitrogens is 1. The van der Waals surface area contributed by atoms with E-state index >= 15 is 0 Å². The van der Waals surface area contributed by atoms with Gasteiger partial charge in [-0.1, -0.05) is 6.07 Å². The van der Waals surface area contributed by atoms with Crippen LogP contribution in [0.4, 0.5) is 15.8 Å². The van der Waals surface area contributed by atoms with E-state index < -0.39 is 5.82 Å². The summed E-state index contributed by atoms with van der Waals surface area (Å²) >= 11 is 0. The molecule has 0 aliphatic rings. The van der Waals surface area contributed by atoms with Crippen LogP contribution >= 0.6 is 0 Å². The Labute approximate surface area is 99.5 Å². The quantitative estimate of drug-likeness (QED) is 0.798. The molecule has 88 valence electrons. The second kappa shape index (κ2) is 4.82. The summed E-state index contributed by atoms with van der Waals surface area (Å²) in [6, 6.07) is 6.67. The highest BCUT2D eigenvalue weighted by Gasteiger charge is 2.04. The maximum Gasteiger partial charge on any atom is 0.148 e. The fourth-order valence-corrected chi connectivity index (χ4v) is 1.58. The maximum absolute atomic E-state index is 13.2. The third-order valence-corrected chi connectivity index (χ3v) is 2.66. The van der Waals surface area contributed by atoms with Gasteiger partial charge >= 0.3 is 0 Å². The van der Waals surface area contributed by atoms with Gasteiger partial charge in [0.05, 0.1) is 11.4 Å². The van der Waals surface area contributed by atoms with Gasteiger partial charge in [0.2, 0.25) is 0 Å². The summed E-state index contributed by atoms with van der Waals surface area (Å²) < 4.78 is 13.2. The van der Waals surface area contributed by atoms with Crippen molar-refractivity contribution < 1.29 is 4.39 Å². The van der Waals surface area contributed by atoms with Gasteiger partial charge in [-0.3, -0.25) is 4.98 Å². The van der Waals surface area contributed by atoms with Crippen LogP contribution in [0.15, 0.2) is 36.7 Å². The number of hydrogen-bond donors (Lipinski definition) is 2. The van der Waals surface area contributed by atoms with Gasteiger partial charge in [0.15, 0.2) is 0 Å². The highest BCUT2D eigenvalue weighted by Crippen LogP contribution is 2.22. The van der Waals surface area contributed by atoms with Crippen molar-refractivity contribution in [2.45, 2.75) is 13.5 Å². The largest absolute Gasteiger partial charge is 0.395 e. The fourth-order valence-electron chi connectivity index (χ4n) is 1.58. The molecule has 0 bridgehead atoms. The number of anilines is 2. The van der Waals surface area contributed by atoms with E-state index in [9.17, 15) is 4.39 Å². The fraction of sp³-hybridized carbons (Fsp3) is 0.154. The Morgan fingerprint density at radius 1 is 1.35 bits per heavy atom. The molecule has 2 rings (SSSR count). The second-order valence-corrected chi connectivity index (χ2v) is 3.86. The minimum Gasteiger partial charge on any atom is -0.395 e. The maximum atomic E-state index is 13.2. The van der Waals surface area contributed by atoms with E-state index in [2.05, 4.69) is 10.3 Å². The van der Waals surface area contributed by atoms with Gasteiger partial charge in [-0.05, 0) is 36.2 Å². The van der Waals surface area contributed by atoms with Gasteiger partial charge in [0.25, 0.3) is 0 Å². The molecule has 3 N–H and O–H groups in total. The molecule has 0 spiro atoms. The number of rotatable bonds is 3. The molecule has 0 saturated heterocycles. The summed E-state index contributed by atoms with van der Waals surface area (Å²) in [7, 11) is 0. The van der Waals surface area contributed by atoms with Crippen LogP contribution in [0, 0.1) is 12.7 Å².